The quantitative estimate of drug-likeness (QED) is 0.287. The molecule has 0 saturated heterocycles. The molecule has 5 rings (SSSR count). The summed E-state index contributed by atoms with van der Waals surface area (Å²) < 4.78 is 7.98. The van der Waals surface area contributed by atoms with Crippen LogP contribution < -0.4 is 10.1 Å². The minimum Gasteiger partial charge on any atom is -0.494 e. The van der Waals surface area contributed by atoms with Crippen LogP contribution in [0.3, 0.4) is 0 Å². The first-order valence-corrected chi connectivity index (χ1v) is 13.2. The number of pyridine rings is 1. The summed E-state index contributed by atoms with van der Waals surface area (Å²) in [5.41, 5.74) is 6.01. The third kappa shape index (κ3) is 6.03. The lowest BCUT2D eigenvalue weighted by molar-refractivity contribution is 0.102. The summed E-state index contributed by atoms with van der Waals surface area (Å²) in [5, 5.41) is 4.09. The summed E-state index contributed by atoms with van der Waals surface area (Å²) in [6.07, 6.45) is 6.49. The highest BCUT2D eigenvalue weighted by atomic mass is 16.5. The summed E-state index contributed by atoms with van der Waals surface area (Å²) in [6.45, 7) is 4.51. The predicted octanol–water partition coefficient (Wildman–Crippen LogP) is 6.14. The van der Waals surface area contributed by atoms with Crippen LogP contribution in [0, 0.1) is 5.92 Å². The van der Waals surface area contributed by atoms with E-state index in [4.69, 9.17) is 9.72 Å². The number of hydrogen-bond donors (Lipinski definition) is 1. The summed E-state index contributed by atoms with van der Waals surface area (Å²) in [6, 6.07) is 20.4. The third-order valence-corrected chi connectivity index (χ3v) is 7.08. The van der Waals surface area contributed by atoms with Crippen LogP contribution in [0.25, 0.3) is 11.0 Å². The van der Waals surface area contributed by atoms with Crippen LogP contribution >= 0.6 is 0 Å². The van der Waals surface area contributed by atoms with E-state index in [1.165, 1.54) is 36.1 Å². The largest absolute Gasteiger partial charge is 0.494 e. The molecule has 2 aromatic heterocycles. The van der Waals surface area contributed by atoms with Crippen molar-refractivity contribution in [3.8, 4) is 5.75 Å². The van der Waals surface area contributed by atoms with Gasteiger partial charge < -0.3 is 19.5 Å². The number of amides is 1. The fourth-order valence-electron chi connectivity index (χ4n) is 4.96. The summed E-state index contributed by atoms with van der Waals surface area (Å²) >= 11 is 0. The fourth-order valence-corrected chi connectivity index (χ4v) is 4.96. The minimum absolute atomic E-state index is 0.124. The van der Waals surface area contributed by atoms with Gasteiger partial charge in [-0.15, -0.1) is 0 Å². The van der Waals surface area contributed by atoms with E-state index in [1.54, 1.807) is 6.20 Å². The Morgan fingerprint density at radius 1 is 1.05 bits per heavy atom. The van der Waals surface area contributed by atoms with Gasteiger partial charge in [0.25, 0.3) is 5.91 Å². The van der Waals surface area contributed by atoms with E-state index < -0.39 is 0 Å². The van der Waals surface area contributed by atoms with Gasteiger partial charge in [-0.1, -0.05) is 30.7 Å². The van der Waals surface area contributed by atoms with Crippen LogP contribution in [0.4, 0.5) is 5.69 Å². The number of rotatable bonds is 10. The van der Waals surface area contributed by atoms with Gasteiger partial charge in [0.1, 0.15) is 11.4 Å². The molecule has 6 nitrogen and oxygen atoms in total. The molecule has 37 heavy (non-hydrogen) atoms. The zero-order chi connectivity index (χ0) is 25.8. The molecule has 1 aliphatic rings. The number of anilines is 1. The number of ether oxygens (including phenoxy) is 1. The van der Waals surface area contributed by atoms with Crippen LogP contribution in [0.2, 0.25) is 0 Å². The van der Waals surface area contributed by atoms with Gasteiger partial charge >= 0.3 is 0 Å². The highest BCUT2D eigenvalue weighted by Crippen LogP contribution is 2.32. The average molecular weight is 497 g/mol. The van der Waals surface area contributed by atoms with Crippen molar-refractivity contribution in [2.24, 2.45) is 5.92 Å². The number of benzene rings is 2. The standard InChI is InChI=1S/C31H36N4O2/c1-4-37-29-14-10-22(11-15-29)16-28-18-26-17-27(19-32-30(26)35(28)21-23-6-5-7-23)33-31(36)25-12-8-24(9-13-25)20-34(2)3/h8-15,17-19,23H,4-7,16,20-21H2,1-3H3,(H,33,36). The second-order valence-electron chi connectivity index (χ2n) is 10.3. The van der Waals surface area contributed by atoms with Crippen molar-refractivity contribution in [3.63, 3.8) is 0 Å². The van der Waals surface area contributed by atoms with E-state index in [0.29, 0.717) is 23.8 Å². The average Bonchev–Trinajstić information content (AvgIpc) is 3.18. The van der Waals surface area contributed by atoms with E-state index >= 15 is 0 Å². The normalized spacial score (nSPS) is 13.6. The molecule has 1 saturated carbocycles. The van der Waals surface area contributed by atoms with Crippen molar-refractivity contribution < 1.29 is 9.53 Å². The molecule has 0 bridgehead atoms. The zero-order valence-electron chi connectivity index (χ0n) is 22.0. The first-order chi connectivity index (χ1) is 18.0. The van der Waals surface area contributed by atoms with Crippen LogP contribution in [0.1, 0.15) is 53.4 Å². The molecule has 4 aromatic rings. The monoisotopic (exact) mass is 496 g/mol. The highest BCUT2D eigenvalue weighted by molar-refractivity contribution is 6.04. The molecule has 0 aliphatic heterocycles. The van der Waals surface area contributed by atoms with E-state index in [1.807, 2.05) is 63.5 Å². The van der Waals surface area contributed by atoms with Crippen molar-refractivity contribution in [1.82, 2.24) is 14.5 Å². The molecular formula is C31H36N4O2. The smallest absolute Gasteiger partial charge is 0.255 e. The molecular weight excluding hydrogens is 460 g/mol. The van der Waals surface area contributed by atoms with Gasteiger partial charge in [-0.05, 0) is 87.3 Å². The van der Waals surface area contributed by atoms with Crippen LogP contribution in [-0.2, 0) is 19.5 Å². The second kappa shape index (κ2) is 11.2. The lowest BCUT2D eigenvalue weighted by atomic mass is 9.85. The van der Waals surface area contributed by atoms with E-state index in [0.717, 1.165) is 36.3 Å². The SMILES string of the molecule is CCOc1ccc(Cc2cc3cc(NC(=O)c4ccc(CN(C)C)cc4)cnc3n2CC2CCC2)cc1. The Hall–Kier alpha value is -3.64. The number of hydrogen-bond acceptors (Lipinski definition) is 4. The van der Waals surface area contributed by atoms with E-state index in [2.05, 4.69) is 33.0 Å². The maximum absolute atomic E-state index is 12.9. The van der Waals surface area contributed by atoms with Gasteiger partial charge in [0.2, 0.25) is 0 Å². The van der Waals surface area contributed by atoms with Crippen molar-refractivity contribution in [3.05, 3.63) is 89.2 Å². The molecule has 0 radical (unpaired) electrons. The summed E-state index contributed by atoms with van der Waals surface area (Å²) in [4.78, 5) is 19.8. The molecule has 1 fully saturated rings. The first-order valence-electron chi connectivity index (χ1n) is 13.2. The number of nitrogens with one attached hydrogen (secondary N) is 1. The van der Waals surface area contributed by atoms with Gasteiger partial charge in [-0.3, -0.25) is 4.79 Å². The zero-order valence-corrected chi connectivity index (χ0v) is 22.0. The van der Waals surface area contributed by atoms with Gasteiger partial charge in [0.05, 0.1) is 18.5 Å². The fraction of sp³-hybridized carbons (Fsp3) is 0.355. The van der Waals surface area contributed by atoms with Crippen LogP contribution in [0.15, 0.2) is 66.9 Å². The highest BCUT2D eigenvalue weighted by Gasteiger charge is 2.21. The Labute approximate surface area is 219 Å². The Kier molecular flexibility index (Phi) is 7.56. The van der Waals surface area contributed by atoms with Crippen molar-refractivity contribution in [2.45, 2.75) is 45.7 Å². The molecule has 1 amide bonds. The predicted molar refractivity (Wildman–Crippen MR) is 149 cm³/mol. The van der Waals surface area contributed by atoms with Gasteiger partial charge in [0, 0.05) is 36.2 Å². The Bertz CT molecular complexity index is 1350. The molecule has 0 unspecified atom stereocenters. The lowest BCUT2D eigenvalue weighted by Crippen LogP contribution is -2.19. The maximum Gasteiger partial charge on any atom is 0.255 e. The topological polar surface area (TPSA) is 59.4 Å². The van der Waals surface area contributed by atoms with E-state index in [-0.39, 0.29) is 5.91 Å². The Morgan fingerprint density at radius 2 is 1.78 bits per heavy atom. The number of aromatic nitrogens is 2. The number of carbonyl (C=O) groups excluding carboxylic acids is 1. The Balaban J connectivity index is 1.37. The molecule has 0 spiro atoms. The molecule has 2 heterocycles. The van der Waals surface area contributed by atoms with Crippen LogP contribution in [0.5, 0.6) is 5.75 Å². The summed E-state index contributed by atoms with van der Waals surface area (Å²) in [7, 11) is 4.07. The molecule has 6 heteroatoms. The number of nitrogens with zero attached hydrogens (tertiary/aromatic N) is 3. The maximum atomic E-state index is 12.9. The number of carbonyl (C=O) groups is 1. The third-order valence-electron chi connectivity index (χ3n) is 7.08. The molecule has 1 aliphatic carbocycles. The minimum atomic E-state index is -0.124. The Morgan fingerprint density at radius 3 is 2.43 bits per heavy atom. The molecule has 1 N–H and O–H groups in total. The second-order valence-corrected chi connectivity index (χ2v) is 10.3. The van der Waals surface area contributed by atoms with Crippen molar-refractivity contribution in [2.75, 3.05) is 26.0 Å². The first kappa shape index (κ1) is 25.0. The van der Waals surface area contributed by atoms with Crippen molar-refractivity contribution >= 4 is 22.6 Å². The summed E-state index contributed by atoms with van der Waals surface area (Å²) in [5.74, 6) is 1.49. The molecule has 2 aromatic carbocycles. The number of fused-ring (bicyclic) bond motifs is 1. The van der Waals surface area contributed by atoms with Gasteiger partial charge in [-0.25, -0.2) is 4.98 Å². The van der Waals surface area contributed by atoms with Gasteiger partial charge in [0.15, 0.2) is 0 Å². The molecule has 0 atom stereocenters. The lowest BCUT2D eigenvalue weighted by Gasteiger charge is -2.27. The van der Waals surface area contributed by atoms with E-state index in [9.17, 15) is 4.79 Å². The van der Waals surface area contributed by atoms with Crippen molar-refractivity contribution in [1.29, 1.82) is 0 Å². The molecule has 192 valence electrons. The van der Waals surface area contributed by atoms with Crippen LogP contribution in [-0.4, -0.2) is 41.1 Å². The van der Waals surface area contributed by atoms with Gasteiger partial charge in [-0.2, -0.15) is 0 Å².